The summed E-state index contributed by atoms with van der Waals surface area (Å²) in [6.07, 6.45) is 2.05. The van der Waals surface area contributed by atoms with Gasteiger partial charge in [-0.25, -0.2) is 0 Å². The van der Waals surface area contributed by atoms with Crippen LogP contribution in [0.4, 0.5) is 17.1 Å². The molecule has 0 fully saturated rings. The second kappa shape index (κ2) is 7.45. The highest BCUT2D eigenvalue weighted by Gasteiger charge is 2.09. The summed E-state index contributed by atoms with van der Waals surface area (Å²) in [4.78, 5) is 12.5. The molecule has 0 heterocycles. The first-order valence-corrected chi connectivity index (χ1v) is 7.98. The van der Waals surface area contributed by atoms with Gasteiger partial charge >= 0.3 is 0 Å². The molecule has 0 saturated heterocycles. The molecule has 0 aromatic heterocycles. The van der Waals surface area contributed by atoms with Crippen molar-refractivity contribution in [2.24, 2.45) is 0 Å². The van der Waals surface area contributed by atoms with Crippen molar-refractivity contribution in [2.75, 3.05) is 4.90 Å². The molecule has 0 atom stereocenters. The predicted molar refractivity (Wildman–Crippen MR) is 102 cm³/mol. The minimum Gasteiger partial charge on any atom is -0.317 e. The number of anilines is 2. The molecule has 4 heteroatoms. The summed E-state index contributed by atoms with van der Waals surface area (Å²) in [5.74, 6) is 0. The number of nitrogens with zero attached hydrogens (tertiary/aromatic N) is 2. The molecule has 0 bridgehead atoms. The fraction of sp³-hybridized carbons (Fsp3) is 0.0476. The van der Waals surface area contributed by atoms with Gasteiger partial charge in [-0.1, -0.05) is 36.4 Å². The number of hydrogen-bond acceptors (Lipinski definition) is 3. The molecule has 0 saturated carbocycles. The number of allylic oxidation sites excluding steroid dienone is 1. The van der Waals surface area contributed by atoms with Gasteiger partial charge in [-0.3, -0.25) is 10.1 Å². The topological polar surface area (TPSA) is 46.4 Å². The van der Waals surface area contributed by atoms with Crippen LogP contribution in [-0.4, -0.2) is 4.92 Å². The van der Waals surface area contributed by atoms with Crippen LogP contribution in [0.1, 0.15) is 12.5 Å². The van der Waals surface area contributed by atoms with E-state index < -0.39 is 0 Å². The van der Waals surface area contributed by atoms with Crippen LogP contribution in [0.25, 0.3) is 5.57 Å². The Kier molecular flexibility index (Phi) is 4.90. The van der Waals surface area contributed by atoms with Gasteiger partial charge in [0.05, 0.1) is 4.92 Å². The van der Waals surface area contributed by atoms with Crippen LogP contribution in [-0.2, 0) is 0 Å². The average molecular weight is 330 g/mol. The number of non-ortho nitro benzene ring substituents is 1. The first kappa shape index (κ1) is 16.5. The van der Waals surface area contributed by atoms with Crippen LogP contribution in [0.5, 0.6) is 0 Å². The summed E-state index contributed by atoms with van der Waals surface area (Å²) < 4.78 is 0. The molecular weight excluding hydrogens is 312 g/mol. The summed E-state index contributed by atoms with van der Waals surface area (Å²) in [5.41, 5.74) is 4.16. The molecule has 0 amide bonds. The maximum Gasteiger partial charge on any atom is 0.269 e. The molecule has 25 heavy (non-hydrogen) atoms. The number of nitro groups is 1. The Balaban J connectivity index is 1.99. The first-order chi connectivity index (χ1) is 12.1. The largest absolute Gasteiger partial charge is 0.317 e. The van der Waals surface area contributed by atoms with Gasteiger partial charge in [0.25, 0.3) is 5.69 Å². The van der Waals surface area contributed by atoms with Crippen LogP contribution >= 0.6 is 0 Å². The van der Waals surface area contributed by atoms with Crippen LogP contribution < -0.4 is 4.90 Å². The van der Waals surface area contributed by atoms with E-state index in [4.69, 9.17) is 0 Å². The van der Waals surface area contributed by atoms with Gasteiger partial charge in [-0.2, -0.15) is 0 Å². The normalized spacial score (nSPS) is 11.2. The van der Waals surface area contributed by atoms with Crippen molar-refractivity contribution >= 4 is 22.6 Å². The molecule has 4 nitrogen and oxygen atoms in total. The third-order valence-electron chi connectivity index (χ3n) is 3.92. The third kappa shape index (κ3) is 3.93. The SMILES string of the molecule is CC(=CN(c1ccccc1)c1ccccc1)c1ccc([N+](=O)[O-])cc1. The average Bonchev–Trinajstić information content (AvgIpc) is 2.67. The Morgan fingerprint density at radius 2 is 1.32 bits per heavy atom. The van der Waals surface area contributed by atoms with Crippen molar-refractivity contribution < 1.29 is 4.92 Å². The van der Waals surface area contributed by atoms with Gasteiger partial charge in [0, 0.05) is 29.7 Å². The van der Waals surface area contributed by atoms with Crippen molar-refractivity contribution in [2.45, 2.75) is 6.92 Å². The van der Waals surface area contributed by atoms with Crippen molar-refractivity contribution in [1.29, 1.82) is 0 Å². The van der Waals surface area contributed by atoms with E-state index in [-0.39, 0.29) is 10.6 Å². The maximum absolute atomic E-state index is 10.8. The zero-order valence-electron chi connectivity index (χ0n) is 13.9. The fourth-order valence-corrected chi connectivity index (χ4v) is 2.59. The van der Waals surface area contributed by atoms with E-state index in [1.54, 1.807) is 12.1 Å². The number of benzene rings is 3. The van der Waals surface area contributed by atoms with E-state index in [2.05, 4.69) is 4.90 Å². The molecule has 0 spiro atoms. The highest BCUT2D eigenvalue weighted by molar-refractivity contribution is 5.74. The number of nitro benzene ring substituents is 1. The molecule has 0 aliphatic carbocycles. The summed E-state index contributed by atoms with van der Waals surface area (Å²) in [5, 5.41) is 10.8. The lowest BCUT2D eigenvalue weighted by molar-refractivity contribution is -0.384. The molecule has 0 unspecified atom stereocenters. The van der Waals surface area contributed by atoms with Crippen LogP contribution in [0.2, 0.25) is 0 Å². The van der Waals surface area contributed by atoms with E-state index in [1.807, 2.05) is 73.8 Å². The van der Waals surface area contributed by atoms with Gasteiger partial charge in [-0.05, 0) is 54.5 Å². The van der Waals surface area contributed by atoms with Crippen molar-refractivity contribution in [3.63, 3.8) is 0 Å². The standard InChI is InChI=1S/C21H18N2O2/c1-17(18-12-14-21(15-13-18)23(24)25)16-22(19-8-4-2-5-9-19)20-10-6-3-7-11-20/h2-16H,1H3. The summed E-state index contributed by atoms with van der Waals surface area (Å²) in [6.45, 7) is 2.00. The van der Waals surface area contributed by atoms with Crippen LogP contribution in [0.3, 0.4) is 0 Å². The lowest BCUT2D eigenvalue weighted by Crippen LogP contribution is -2.09. The number of hydrogen-bond donors (Lipinski definition) is 0. The Morgan fingerprint density at radius 1 is 0.840 bits per heavy atom. The zero-order valence-corrected chi connectivity index (χ0v) is 13.9. The number of para-hydroxylation sites is 2. The van der Waals surface area contributed by atoms with E-state index in [0.717, 1.165) is 22.5 Å². The molecule has 0 aliphatic heterocycles. The molecule has 3 aromatic carbocycles. The summed E-state index contributed by atoms with van der Waals surface area (Å²) in [6, 6.07) is 26.8. The van der Waals surface area contributed by atoms with E-state index in [9.17, 15) is 10.1 Å². The zero-order chi connectivity index (χ0) is 17.6. The Bertz CT molecular complexity index is 833. The van der Waals surface area contributed by atoms with Gasteiger partial charge in [0.1, 0.15) is 0 Å². The second-order valence-electron chi connectivity index (χ2n) is 5.66. The Hall–Kier alpha value is -3.40. The molecule has 124 valence electrons. The molecule has 0 radical (unpaired) electrons. The van der Waals surface area contributed by atoms with Crippen molar-refractivity contribution in [3.8, 4) is 0 Å². The molecular formula is C21H18N2O2. The van der Waals surface area contributed by atoms with Gasteiger partial charge in [0.2, 0.25) is 0 Å². The van der Waals surface area contributed by atoms with E-state index >= 15 is 0 Å². The first-order valence-electron chi connectivity index (χ1n) is 7.98. The molecule has 3 aromatic rings. The van der Waals surface area contributed by atoms with Gasteiger partial charge in [0.15, 0.2) is 0 Å². The monoisotopic (exact) mass is 330 g/mol. The van der Waals surface area contributed by atoms with Crippen LogP contribution in [0, 0.1) is 10.1 Å². The second-order valence-corrected chi connectivity index (χ2v) is 5.66. The van der Waals surface area contributed by atoms with E-state index in [0.29, 0.717) is 0 Å². The van der Waals surface area contributed by atoms with Crippen LogP contribution in [0.15, 0.2) is 91.1 Å². The Labute approximate surface area is 146 Å². The quantitative estimate of drug-likeness (QED) is 0.439. The van der Waals surface area contributed by atoms with Crippen molar-refractivity contribution in [3.05, 3.63) is 107 Å². The fourth-order valence-electron chi connectivity index (χ4n) is 2.59. The molecule has 3 rings (SSSR count). The highest BCUT2D eigenvalue weighted by atomic mass is 16.6. The smallest absolute Gasteiger partial charge is 0.269 e. The summed E-state index contributed by atoms with van der Waals surface area (Å²) in [7, 11) is 0. The molecule has 0 N–H and O–H groups in total. The third-order valence-corrected chi connectivity index (χ3v) is 3.92. The lowest BCUT2D eigenvalue weighted by atomic mass is 10.1. The van der Waals surface area contributed by atoms with E-state index in [1.165, 1.54) is 12.1 Å². The Morgan fingerprint density at radius 3 is 1.76 bits per heavy atom. The van der Waals surface area contributed by atoms with Crippen molar-refractivity contribution in [1.82, 2.24) is 0 Å². The minimum atomic E-state index is -0.386. The summed E-state index contributed by atoms with van der Waals surface area (Å²) >= 11 is 0. The van der Waals surface area contributed by atoms with Gasteiger partial charge < -0.3 is 4.90 Å². The molecule has 0 aliphatic rings. The highest BCUT2D eigenvalue weighted by Crippen LogP contribution is 2.28. The number of rotatable bonds is 5. The van der Waals surface area contributed by atoms with Gasteiger partial charge in [-0.15, -0.1) is 0 Å². The maximum atomic E-state index is 10.8. The minimum absolute atomic E-state index is 0.0968. The predicted octanol–water partition coefficient (Wildman–Crippen LogP) is 5.79. The lowest BCUT2D eigenvalue weighted by Gasteiger charge is -2.22.